The molecular formula is C26H23N3O3S. The predicted octanol–water partition coefficient (Wildman–Crippen LogP) is 5.82. The monoisotopic (exact) mass is 457 g/mol. The molecule has 0 radical (unpaired) electrons. The molecule has 1 aliphatic carbocycles. The lowest BCUT2D eigenvalue weighted by Crippen LogP contribution is -2.24. The molecule has 0 atom stereocenters. The smallest absolute Gasteiger partial charge is 0.263 e. The van der Waals surface area contributed by atoms with Gasteiger partial charge in [0.15, 0.2) is 5.89 Å². The Labute approximate surface area is 194 Å². The fourth-order valence-electron chi connectivity index (χ4n) is 4.51. The average molecular weight is 458 g/mol. The van der Waals surface area contributed by atoms with E-state index in [1.165, 1.54) is 5.56 Å². The zero-order chi connectivity index (χ0) is 22.7. The van der Waals surface area contributed by atoms with Crippen LogP contribution in [0.1, 0.15) is 41.5 Å². The zero-order valence-electron chi connectivity index (χ0n) is 18.7. The average Bonchev–Trinajstić information content (AvgIpc) is 3.47. The summed E-state index contributed by atoms with van der Waals surface area (Å²) in [5.74, 6) is 3.16. The Bertz CT molecular complexity index is 1590. The predicted molar refractivity (Wildman–Crippen MR) is 130 cm³/mol. The summed E-state index contributed by atoms with van der Waals surface area (Å²) in [7, 11) is 1.68. The van der Waals surface area contributed by atoms with E-state index in [1.54, 1.807) is 36.1 Å². The van der Waals surface area contributed by atoms with E-state index >= 15 is 0 Å². The molecule has 0 N–H and O–H groups in total. The standard InChI is InChI=1S/C26H23N3O3S/c1-14-5-4-6-20-22-25(33-23(14)20)28-24(29(26(22)30)13-18-12-27-15(2)32-18)19-10-9-17(31-3)11-21(19)16-7-8-16/h4-6,9-12,16H,7-8,13H2,1-3H3. The van der Waals surface area contributed by atoms with Crippen LogP contribution in [0.3, 0.4) is 0 Å². The van der Waals surface area contributed by atoms with Crippen molar-refractivity contribution >= 4 is 31.6 Å². The first-order valence-corrected chi connectivity index (χ1v) is 11.9. The molecule has 0 spiro atoms. The number of thiophene rings is 1. The lowest BCUT2D eigenvalue weighted by Gasteiger charge is -2.15. The minimum atomic E-state index is -0.0570. The van der Waals surface area contributed by atoms with E-state index < -0.39 is 0 Å². The van der Waals surface area contributed by atoms with Crippen molar-refractivity contribution in [1.82, 2.24) is 14.5 Å². The molecule has 0 bridgehead atoms. The summed E-state index contributed by atoms with van der Waals surface area (Å²) in [5.41, 5.74) is 3.25. The van der Waals surface area contributed by atoms with Gasteiger partial charge in [0.25, 0.3) is 5.56 Å². The van der Waals surface area contributed by atoms with E-state index in [4.69, 9.17) is 14.1 Å². The van der Waals surface area contributed by atoms with Gasteiger partial charge in [-0.05, 0) is 55.0 Å². The van der Waals surface area contributed by atoms with Gasteiger partial charge < -0.3 is 9.15 Å². The molecule has 0 aliphatic heterocycles. The van der Waals surface area contributed by atoms with Crippen molar-refractivity contribution in [2.24, 2.45) is 0 Å². The second kappa shape index (κ2) is 7.56. The quantitative estimate of drug-likeness (QED) is 0.333. The molecule has 1 aliphatic rings. The molecule has 0 amide bonds. The normalized spacial score (nSPS) is 13.8. The third kappa shape index (κ3) is 3.35. The molecule has 0 saturated heterocycles. The lowest BCUT2D eigenvalue weighted by atomic mass is 10.0. The maximum Gasteiger partial charge on any atom is 0.263 e. The van der Waals surface area contributed by atoms with Crippen LogP contribution in [0.5, 0.6) is 5.75 Å². The van der Waals surface area contributed by atoms with Gasteiger partial charge in [-0.15, -0.1) is 11.3 Å². The van der Waals surface area contributed by atoms with Crippen molar-refractivity contribution < 1.29 is 9.15 Å². The van der Waals surface area contributed by atoms with Gasteiger partial charge >= 0.3 is 0 Å². The highest BCUT2D eigenvalue weighted by atomic mass is 32.1. The van der Waals surface area contributed by atoms with Gasteiger partial charge in [0.1, 0.15) is 22.2 Å². The number of nitrogens with zero attached hydrogens (tertiary/aromatic N) is 3. The lowest BCUT2D eigenvalue weighted by molar-refractivity contribution is 0.414. The topological polar surface area (TPSA) is 70.2 Å². The number of hydrogen-bond donors (Lipinski definition) is 0. The van der Waals surface area contributed by atoms with Crippen LogP contribution in [0.4, 0.5) is 0 Å². The molecule has 7 heteroatoms. The van der Waals surface area contributed by atoms with Gasteiger partial charge in [0.2, 0.25) is 0 Å². The molecule has 33 heavy (non-hydrogen) atoms. The van der Waals surface area contributed by atoms with E-state index in [1.807, 2.05) is 24.3 Å². The van der Waals surface area contributed by atoms with Gasteiger partial charge in [-0.3, -0.25) is 9.36 Å². The summed E-state index contributed by atoms with van der Waals surface area (Å²) < 4.78 is 14.1. The molecule has 5 aromatic rings. The minimum Gasteiger partial charge on any atom is -0.497 e. The van der Waals surface area contributed by atoms with Crippen molar-refractivity contribution in [3.05, 3.63) is 75.7 Å². The van der Waals surface area contributed by atoms with Crippen molar-refractivity contribution in [3.63, 3.8) is 0 Å². The van der Waals surface area contributed by atoms with E-state index in [0.29, 0.717) is 28.8 Å². The van der Waals surface area contributed by atoms with E-state index in [0.717, 1.165) is 44.6 Å². The summed E-state index contributed by atoms with van der Waals surface area (Å²) in [5, 5.41) is 1.62. The molecular weight excluding hydrogens is 434 g/mol. The molecule has 1 saturated carbocycles. The maximum atomic E-state index is 14.0. The van der Waals surface area contributed by atoms with Gasteiger partial charge in [0.05, 0.1) is 25.2 Å². The second-order valence-electron chi connectivity index (χ2n) is 8.63. The number of oxazole rings is 1. The van der Waals surface area contributed by atoms with Crippen molar-refractivity contribution in [2.45, 2.75) is 39.2 Å². The number of rotatable bonds is 5. The van der Waals surface area contributed by atoms with Gasteiger partial charge in [-0.25, -0.2) is 9.97 Å². The number of hydrogen-bond acceptors (Lipinski definition) is 6. The van der Waals surface area contributed by atoms with E-state index in [9.17, 15) is 4.79 Å². The molecule has 6 rings (SSSR count). The fraction of sp³-hybridized carbons (Fsp3) is 0.269. The number of aromatic nitrogens is 3. The number of fused-ring (bicyclic) bond motifs is 3. The molecule has 1 fully saturated rings. The van der Waals surface area contributed by atoms with Crippen molar-refractivity contribution in [2.75, 3.05) is 7.11 Å². The highest BCUT2D eigenvalue weighted by Crippen LogP contribution is 2.45. The Kier molecular flexibility index (Phi) is 4.62. The molecule has 3 aromatic heterocycles. The Balaban J connectivity index is 1.67. The Morgan fingerprint density at radius 1 is 1.21 bits per heavy atom. The number of aryl methyl sites for hydroxylation is 2. The van der Waals surface area contributed by atoms with Crippen LogP contribution < -0.4 is 10.3 Å². The van der Waals surface area contributed by atoms with Crippen LogP contribution in [0.25, 0.3) is 31.7 Å². The molecule has 6 nitrogen and oxygen atoms in total. The number of methoxy groups -OCH3 is 1. The molecule has 166 valence electrons. The third-order valence-electron chi connectivity index (χ3n) is 6.32. The van der Waals surface area contributed by atoms with Crippen LogP contribution in [0.15, 0.2) is 51.8 Å². The SMILES string of the molecule is COc1ccc(-c2nc3sc4c(C)cccc4c3c(=O)n2Cc2cnc(C)o2)c(C2CC2)c1. The number of ether oxygens (including phenoxy) is 1. The van der Waals surface area contributed by atoms with Crippen LogP contribution in [-0.4, -0.2) is 21.6 Å². The van der Waals surface area contributed by atoms with Crippen molar-refractivity contribution in [1.29, 1.82) is 0 Å². The fourth-order valence-corrected chi connectivity index (χ4v) is 5.64. The Morgan fingerprint density at radius 3 is 2.79 bits per heavy atom. The molecule has 3 heterocycles. The summed E-state index contributed by atoms with van der Waals surface area (Å²) in [4.78, 5) is 24.1. The summed E-state index contributed by atoms with van der Waals surface area (Å²) in [6.45, 7) is 4.15. The second-order valence-corrected chi connectivity index (χ2v) is 9.63. The molecule has 2 aromatic carbocycles. The Morgan fingerprint density at radius 2 is 2.06 bits per heavy atom. The van der Waals surface area contributed by atoms with Gasteiger partial charge in [-0.2, -0.15) is 0 Å². The highest BCUT2D eigenvalue weighted by molar-refractivity contribution is 7.25. The Hall–Kier alpha value is -3.45. The van der Waals surface area contributed by atoms with Crippen molar-refractivity contribution in [3.8, 4) is 17.1 Å². The van der Waals surface area contributed by atoms with Gasteiger partial charge in [0, 0.05) is 22.6 Å². The maximum absolute atomic E-state index is 14.0. The largest absolute Gasteiger partial charge is 0.497 e. The van der Waals surface area contributed by atoms with Crippen LogP contribution >= 0.6 is 11.3 Å². The third-order valence-corrected chi connectivity index (χ3v) is 7.55. The number of benzene rings is 2. The first-order valence-electron chi connectivity index (χ1n) is 11.1. The highest BCUT2D eigenvalue weighted by Gasteiger charge is 2.29. The van der Waals surface area contributed by atoms with Crippen LogP contribution in [-0.2, 0) is 6.54 Å². The summed E-state index contributed by atoms with van der Waals surface area (Å²) in [6.07, 6.45) is 3.95. The summed E-state index contributed by atoms with van der Waals surface area (Å²) in [6, 6.07) is 12.1. The zero-order valence-corrected chi connectivity index (χ0v) is 19.5. The molecule has 0 unspecified atom stereocenters. The van der Waals surface area contributed by atoms with E-state index in [2.05, 4.69) is 24.0 Å². The van der Waals surface area contributed by atoms with E-state index in [-0.39, 0.29) is 12.1 Å². The first-order chi connectivity index (χ1) is 16.0. The van der Waals surface area contributed by atoms with Crippen LogP contribution in [0, 0.1) is 13.8 Å². The minimum absolute atomic E-state index is 0.0570. The summed E-state index contributed by atoms with van der Waals surface area (Å²) >= 11 is 1.58. The first kappa shape index (κ1) is 20.2. The van der Waals surface area contributed by atoms with Gasteiger partial charge in [-0.1, -0.05) is 18.2 Å². The van der Waals surface area contributed by atoms with Crippen LogP contribution in [0.2, 0.25) is 0 Å².